The Balaban J connectivity index is 1.90. The van der Waals surface area contributed by atoms with Crippen LogP contribution in [0.2, 0.25) is 0 Å². The molecule has 0 bridgehead atoms. The summed E-state index contributed by atoms with van der Waals surface area (Å²) in [6.07, 6.45) is 0. The molecular weight excluding hydrogens is 288 g/mol. The van der Waals surface area contributed by atoms with Gasteiger partial charge in [0.05, 0.1) is 11.1 Å². The van der Waals surface area contributed by atoms with Crippen LogP contribution in [-0.2, 0) is 11.5 Å². The number of hydrogen-bond acceptors (Lipinski definition) is 3. The predicted molar refractivity (Wildman–Crippen MR) is 81.8 cm³/mol. The summed E-state index contributed by atoms with van der Waals surface area (Å²) in [5.41, 5.74) is 2.57. The fourth-order valence-electron chi connectivity index (χ4n) is 1.82. The van der Waals surface area contributed by atoms with Crippen molar-refractivity contribution in [3.63, 3.8) is 0 Å². The normalized spacial score (nSPS) is 10.3. The zero-order valence-corrected chi connectivity index (χ0v) is 12.0. The highest BCUT2D eigenvalue weighted by Crippen LogP contribution is 2.19. The average molecular weight is 302 g/mol. The van der Waals surface area contributed by atoms with Gasteiger partial charge in [0.1, 0.15) is 0 Å². The first-order chi connectivity index (χ1) is 10.1. The van der Waals surface area contributed by atoms with E-state index in [0.29, 0.717) is 11.3 Å². The molecule has 0 aliphatic rings. The molecule has 0 amide bonds. The van der Waals surface area contributed by atoms with Crippen molar-refractivity contribution in [1.29, 1.82) is 0 Å². The molecule has 2 aromatic rings. The van der Waals surface area contributed by atoms with E-state index >= 15 is 0 Å². The van der Waals surface area contributed by atoms with E-state index in [1.165, 1.54) is 0 Å². The summed E-state index contributed by atoms with van der Waals surface area (Å²) < 4.78 is 0. The number of hydrogen-bond donors (Lipinski definition) is 2. The average Bonchev–Trinajstić information content (AvgIpc) is 2.48. The molecule has 2 aromatic carbocycles. The first-order valence-electron chi connectivity index (χ1n) is 6.28. The molecule has 0 aliphatic heterocycles. The standard InChI is InChI=1S/C16H14O4S/c17-15(18)13-6-4-11(5-7-13)9-21-10-12-2-1-3-14(8-12)16(19)20/h1-8H,9-10H2,(H,17,18)(H,19,20). The van der Waals surface area contributed by atoms with Gasteiger partial charge in [-0.2, -0.15) is 11.8 Å². The molecule has 108 valence electrons. The van der Waals surface area contributed by atoms with Crippen LogP contribution in [0.25, 0.3) is 0 Å². The van der Waals surface area contributed by atoms with Crippen LogP contribution < -0.4 is 0 Å². The van der Waals surface area contributed by atoms with Crippen molar-refractivity contribution in [2.24, 2.45) is 0 Å². The number of thioether (sulfide) groups is 1. The monoisotopic (exact) mass is 302 g/mol. The number of carboxylic acids is 2. The van der Waals surface area contributed by atoms with Gasteiger partial charge in [-0.05, 0) is 35.4 Å². The maximum atomic E-state index is 10.9. The SMILES string of the molecule is O=C(O)c1ccc(CSCc2cccc(C(=O)O)c2)cc1. The molecule has 0 saturated carbocycles. The van der Waals surface area contributed by atoms with Crippen LogP contribution >= 0.6 is 11.8 Å². The smallest absolute Gasteiger partial charge is 0.335 e. The Kier molecular flexibility index (Phi) is 5.00. The minimum atomic E-state index is -0.931. The van der Waals surface area contributed by atoms with Gasteiger partial charge in [-0.3, -0.25) is 0 Å². The Hall–Kier alpha value is -2.27. The number of rotatable bonds is 6. The van der Waals surface area contributed by atoms with Gasteiger partial charge in [0.15, 0.2) is 0 Å². The van der Waals surface area contributed by atoms with Crippen LogP contribution in [-0.4, -0.2) is 22.2 Å². The molecule has 5 heteroatoms. The first-order valence-corrected chi connectivity index (χ1v) is 7.44. The summed E-state index contributed by atoms with van der Waals surface area (Å²) in [6.45, 7) is 0. The molecule has 21 heavy (non-hydrogen) atoms. The summed E-state index contributed by atoms with van der Waals surface area (Å²) >= 11 is 1.65. The third-order valence-corrected chi connectivity index (χ3v) is 3.99. The zero-order valence-electron chi connectivity index (χ0n) is 11.2. The second-order valence-electron chi connectivity index (χ2n) is 4.50. The molecule has 0 saturated heterocycles. The molecule has 0 spiro atoms. The maximum absolute atomic E-state index is 10.9. The number of benzene rings is 2. The Morgan fingerprint density at radius 2 is 1.43 bits per heavy atom. The number of carbonyl (C=O) groups is 2. The van der Waals surface area contributed by atoms with Crippen molar-refractivity contribution in [3.05, 3.63) is 70.8 Å². The third kappa shape index (κ3) is 4.36. The second kappa shape index (κ2) is 6.95. The molecule has 0 unspecified atom stereocenters. The lowest BCUT2D eigenvalue weighted by molar-refractivity contribution is 0.0686. The van der Waals surface area contributed by atoms with Crippen LogP contribution in [0.5, 0.6) is 0 Å². The van der Waals surface area contributed by atoms with Crippen LogP contribution in [0.4, 0.5) is 0 Å². The highest BCUT2D eigenvalue weighted by atomic mass is 32.2. The Morgan fingerprint density at radius 3 is 2.05 bits per heavy atom. The minimum Gasteiger partial charge on any atom is -0.478 e. The summed E-state index contributed by atoms with van der Waals surface area (Å²) in [4.78, 5) is 21.6. The van der Waals surface area contributed by atoms with E-state index in [0.717, 1.165) is 16.9 Å². The van der Waals surface area contributed by atoms with Crippen LogP contribution in [0, 0.1) is 0 Å². The molecular formula is C16H14O4S. The number of aromatic carboxylic acids is 2. The van der Waals surface area contributed by atoms with Crippen molar-refractivity contribution in [2.75, 3.05) is 0 Å². The van der Waals surface area contributed by atoms with Crippen LogP contribution in [0.15, 0.2) is 48.5 Å². The van der Waals surface area contributed by atoms with Gasteiger partial charge in [0, 0.05) is 11.5 Å². The van der Waals surface area contributed by atoms with E-state index in [-0.39, 0.29) is 5.56 Å². The van der Waals surface area contributed by atoms with E-state index in [2.05, 4.69) is 0 Å². The van der Waals surface area contributed by atoms with Crippen molar-refractivity contribution in [3.8, 4) is 0 Å². The Morgan fingerprint density at radius 1 is 0.810 bits per heavy atom. The molecule has 0 radical (unpaired) electrons. The summed E-state index contributed by atoms with van der Waals surface area (Å²) in [5, 5.41) is 17.7. The van der Waals surface area contributed by atoms with Crippen LogP contribution in [0.3, 0.4) is 0 Å². The highest BCUT2D eigenvalue weighted by molar-refractivity contribution is 7.97. The van der Waals surface area contributed by atoms with E-state index in [1.807, 2.05) is 6.07 Å². The lowest BCUT2D eigenvalue weighted by Gasteiger charge is -2.04. The van der Waals surface area contributed by atoms with Crippen molar-refractivity contribution in [1.82, 2.24) is 0 Å². The van der Waals surface area contributed by atoms with E-state index in [4.69, 9.17) is 10.2 Å². The van der Waals surface area contributed by atoms with Gasteiger partial charge >= 0.3 is 11.9 Å². The van der Waals surface area contributed by atoms with Gasteiger partial charge in [0.25, 0.3) is 0 Å². The summed E-state index contributed by atoms with van der Waals surface area (Å²) in [6, 6.07) is 13.6. The zero-order chi connectivity index (χ0) is 15.2. The topological polar surface area (TPSA) is 74.6 Å². The second-order valence-corrected chi connectivity index (χ2v) is 5.49. The molecule has 0 aromatic heterocycles. The van der Waals surface area contributed by atoms with Crippen LogP contribution in [0.1, 0.15) is 31.8 Å². The fourth-order valence-corrected chi connectivity index (χ4v) is 2.77. The lowest BCUT2D eigenvalue weighted by Crippen LogP contribution is -1.97. The van der Waals surface area contributed by atoms with E-state index < -0.39 is 11.9 Å². The Labute approximate surface area is 126 Å². The lowest BCUT2D eigenvalue weighted by atomic mass is 10.1. The molecule has 0 atom stereocenters. The molecule has 0 heterocycles. The van der Waals surface area contributed by atoms with Crippen molar-refractivity contribution in [2.45, 2.75) is 11.5 Å². The van der Waals surface area contributed by atoms with Gasteiger partial charge in [-0.1, -0.05) is 24.3 Å². The molecule has 2 N–H and O–H groups in total. The third-order valence-electron chi connectivity index (χ3n) is 2.91. The first kappa shape index (κ1) is 15.1. The molecule has 0 aliphatic carbocycles. The Bertz CT molecular complexity index is 650. The van der Waals surface area contributed by atoms with Crippen molar-refractivity contribution < 1.29 is 19.8 Å². The largest absolute Gasteiger partial charge is 0.478 e. The minimum absolute atomic E-state index is 0.276. The van der Waals surface area contributed by atoms with Gasteiger partial charge in [0.2, 0.25) is 0 Å². The fraction of sp³-hybridized carbons (Fsp3) is 0.125. The summed E-state index contributed by atoms with van der Waals surface area (Å²) in [5.74, 6) is -0.398. The summed E-state index contributed by atoms with van der Waals surface area (Å²) in [7, 11) is 0. The number of carboxylic acid groups (broad SMARTS) is 2. The van der Waals surface area contributed by atoms with E-state index in [1.54, 1.807) is 54.2 Å². The van der Waals surface area contributed by atoms with Crippen molar-refractivity contribution >= 4 is 23.7 Å². The van der Waals surface area contributed by atoms with E-state index in [9.17, 15) is 9.59 Å². The highest BCUT2D eigenvalue weighted by Gasteiger charge is 2.04. The molecule has 0 fully saturated rings. The van der Waals surface area contributed by atoms with Gasteiger partial charge in [-0.25, -0.2) is 9.59 Å². The van der Waals surface area contributed by atoms with Gasteiger partial charge < -0.3 is 10.2 Å². The maximum Gasteiger partial charge on any atom is 0.335 e. The molecule has 2 rings (SSSR count). The molecule has 4 nitrogen and oxygen atoms in total. The predicted octanol–water partition coefficient (Wildman–Crippen LogP) is 3.52. The quantitative estimate of drug-likeness (QED) is 0.854. The van der Waals surface area contributed by atoms with Gasteiger partial charge in [-0.15, -0.1) is 0 Å².